The van der Waals surface area contributed by atoms with E-state index in [0.717, 1.165) is 12.4 Å². The summed E-state index contributed by atoms with van der Waals surface area (Å²) in [6.07, 6.45) is 5.62. The molecule has 0 bridgehead atoms. The molecule has 2 unspecified atom stereocenters. The van der Waals surface area contributed by atoms with E-state index in [0.29, 0.717) is 12.1 Å². The van der Waals surface area contributed by atoms with E-state index in [1.807, 2.05) is 11.8 Å². The molecule has 2 atom stereocenters. The van der Waals surface area contributed by atoms with Gasteiger partial charge in [0.15, 0.2) is 0 Å². The zero-order valence-electron chi connectivity index (χ0n) is 8.50. The Kier molecular flexibility index (Phi) is 5.83. The fourth-order valence-corrected chi connectivity index (χ4v) is 2.46. The molecule has 0 spiro atoms. The Morgan fingerprint density at radius 3 is 3.08 bits per heavy atom. The third kappa shape index (κ3) is 5.55. The quantitative estimate of drug-likeness (QED) is 0.671. The predicted molar refractivity (Wildman–Crippen MR) is 59.2 cm³/mol. The summed E-state index contributed by atoms with van der Waals surface area (Å²) in [5.74, 6) is 2.33. The summed E-state index contributed by atoms with van der Waals surface area (Å²) in [5, 5.41) is 0. The highest BCUT2D eigenvalue weighted by atomic mass is 32.2. The van der Waals surface area contributed by atoms with Crippen molar-refractivity contribution in [1.29, 1.82) is 0 Å². The fourth-order valence-electron chi connectivity index (χ4n) is 1.55. The minimum atomic E-state index is 0.340. The third-order valence-corrected chi connectivity index (χ3v) is 3.56. The molecule has 1 rings (SSSR count). The van der Waals surface area contributed by atoms with Crippen LogP contribution >= 0.6 is 11.8 Å². The predicted octanol–water partition coefficient (Wildman–Crippen LogP) is 2.03. The molecule has 13 heavy (non-hydrogen) atoms. The molecule has 2 N–H and O–H groups in total. The van der Waals surface area contributed by atoms with Crippen LogP contribution in [0.2, 0.25) is 0 Å². The molecule has 78 valence electrons. The van der Waals surface area contributed by atoms with E-state index in [9.17, 15) is 0 Å². The minimum Gasteiger partial charge on any atom is -0.378 e. The Hall–Kier alpha value is 0.270. The normalized spacial score (nSPS) is 24.9. The average Bonchev–Trinajstić information content (AvgIpc) is 2.55. The summed E-state index contributed by atoms with van der Waals surface area (Å²) in [6.45, 7) is 3.05. The first kappa shape index (κ1) is 11.3. The lowest BCUT2D eigenvalue weighted by Crippen LogP contribution is -2.17. The lowest BCUT2D eigenvalue weighted by Gasteiger charge is -2.09. The monoisotopic (exact) mass is 203 g/mol. The van der Waals surface area contributed by atoms with Crippen LogP contribution in [0.25, 0.3) is 0 Å². The number of ether oxygens (including phenoxy) is 1. The van der Waals surface area contributed by atoms with Gasteiger partial charge in [-0.25, -0.2) is 0 Å². The maximum absolute atomic E-state index is 5.65. The zero-order valence-corrected chi connectivity index (χ0v) is 9.31. The molecule has 0 radical (unpaired) electrons. The smallest absolute Gasteiger partial charge is 0.0576 e. The topological polar surface area (TPSA) is 35.2 Å². The fraction of sp³-hybridized carbons (Fsp3) is 1.00. The van der Waals surface area contributed by atoms with Gasteiger partial charge >= 0.3 is 0 Å². The molecule has 1 fully saturated rings. The number of hydrogen-bond acceptors (Lipinski definition) is 3. The van der Waals surface area contributed by atoms with Gasteiger partial charge < -0.3 is 10.5 Å². The molecule has 1 saturated heterocycles. The van der Waals surface area contributed by atoms with Gasteiger partial charge in [0.25, 0.3) is 0 Å². The Bertz CT molecular complexity index is 124. The van der Waals surface area contributed by atoms with Crippen molar-refractivity contribution in [3.8, 4) is 0 Å². The summed E-state index contributed by atoms with van der Waals surface area (Å²) in [5.41, 5.74) is 5.65. The van der Waals surface area contributed by atoms with Crippen molar-refractivity contribution in [2.24, 2.45) is 5.73 Å². The van der Waals surface area contributed by atoms with Crippen LogP contribution in [0.3, 0.4) is 0 Å². The second-order valence-corrected chi connectivity index (χ2v) is 4.98. The lowest BCUT2D eigenvalue weighted by atomic mass is 10.1. The molecule has 1 aliphatic rings. The molecule has 2 nitrogen and oxygen atoms in total. The first-order valence-corrected chi connectivity index (χ1v) is 6.39. The molecule has 0 aromatic carbocycles. The SMILES string of the molecule is CC(N)CSCCCC1CCCO1. The van der Waals surface area contributed by atoms with Crippen LogP contribution in [0.4, 0.5) is 0 Å². The molecule has 3 heteroatoms. The molecule has 0 aromatic rings. The van der Waals surface area contributed by atoms with Gasteiger partial charge in [-0.2, -0.15) is 11.8 Å². The van der Waals surface area contributed by atoms with E-state index in [1.54, 1.807) is 0 Å². The molecule has 0 saturated carbocycles. The van der Waals surface area contributed by atoms with Crippen LogP contribution < -0.4 is 5.73 Å². The van der Waals surface area contributed by atoms with Gasteiger partial charge in [0.1, 0.15) is 0 Å². The molecule has 0 amide bonds. The van der Waals surface area contributed by atoms with E-state index >= 15 is 0 Å². The summed E-state index contributed by atoms with van der Waals surface area (Å²) >= 11 is 1.96. The van der Waals surface area contributed by atoms with E-state index in [-0.39, 0.29) is 0 Å². The minimum absolute atomic E-state index is 0.340. The first-order valence-electron chi connectivity index (χ1n) is 5.24. The molecular weight excluding hydrogens is 182 g/mol. The van der Waals surface area contributed by atoms with Crippen LogP contribution in [0.15, 0.2) is 0 Å². The highest BCUT2D eigenvalue weighted by Crippen LogP contribution is 2.18. The van der Waals surface area contributed by atoms with Crippen molar-refractivity contribution < 1.29 is 4.74 Å². The van der Waals surface area contributed by atoms with Crippen LogP contribution in [-0.4, -0.2) is 30.3 Å². The van der Waals surface area contributed by atoms with Gasteiger partial charge in [0.05, 0.1) is 6.10 Å². The van der Waals surface area contributed by atoms with Crippen LogP contribution in [0, 0.1) is 0 Å². The molecule has 1 aliphatic heterocycles. The van der Waals surface area contributed by atoms with E-state index in [1.165, 1.54) is 31.4 Å². The van der Waals surface area contributed by atoms with Gasteiger partial charge in [-0.05, 0) is 38.4 Å². The Balaban J connectivity index is 1.83. The summed E-state index contributed by atoms with van der Waals surface area (Å²) in [4.78, 5) is 0. The summed E-state index contributed by atoms with van der Waals surface area (Å²) in [7, 11) is 0. The van der Waals surface area contributed by atoms with Gasteiger partial charge in [-0.1, -0.05) is 0 Å². The molecule has 0 aromatic heterocycles. The lowest BCUT2D eigenvalue weighted by molar-refractivity contribution is 0.104. The van der Waals surface area contributed by atoms with Crippen LogP contribution in [0.1, 0.15) is 32.6 Å². The summed E-state index contributed by atoms with van der Waals surface area (Å²) in [6, 6.07) is 0.340. The van der Waals surface area contributed by atoms with Crippen molar-refractivity contribution in [1.82, 2.24) is 0 Å². The van der Waals surface area contributed by atoms with Crippen molar-refractivity contribution in [2.75, 3.05) is 18.1 Å². The number of hydrogen-bond donors (Lipinski definition) is 1. The van der Waals surface area contributed by atoms with Crippen LogP contribution in [-0.2, 0) is 4.74 Å². The Morgan fingerprint density at radius 2 is 2.46 bits per heavy atom. The maximum atomic E-state index is 5.65. The van der Waals surface area contributed by atoms with Gasteiger partial charge in [0, 0.05) is 18.4 Å². The third-order valence-electron chi connectivity index (χ3n) is 2.22. The Labute approximate surface area is 85.6 Å². The van der Waals surface area contributed by atoms with E-state index < -0.39 is 0 Å². The van der Waals surface area contributed by atoms with E-state index in [4.69, 9.17) is 10.5 Å². The van der Waals surface area contributed by atoms with Crippen molar-refractivity contribution >= 4 is 11.8 Å². The molecular formula is C10H21NOS. The molecule has 1 heterocycles. The second kappa shape index (κ2) is 6.68. The van der Waals surface area contributed by atoms with Crippen LogP contribution in [0.5, 0.6) is 0 Å². The van der Waals surface area contributed by atoms with Gasteiger partial charge in [-0.3, -0.25) is 0 Å². The average molecular weight is 203 g/mol. The standard InChI is InChI=1S/C10H21NOS/c1-9(11)8-13-7-3-5-10-4-2-6-12-10/h9-10H,2-8,11H2,1H3. The van der Waals surface area contributed by atoms with Crippen molar-refractivity contribution in [3.05, 3.63) is 0 Å². The second-order valence-electron chi connectivity index (χ2n) is 3.83. The number of thioether (sulfide) groups is 1. The van der Waals surface area contributed by atoms with Crippen molar-refractivity contribution in [3.63, 3.8) is 0 Å². The number of nitrogens with two attached hydrogens (primary N) is 1. The Morgan fingerprint density at radius 1 is 1.62 bits per heavy atom. The summed E-state index contributed by atoms with van der Waals surface area (Å²) < 4.78 is 5.55. The highest BCUT2D eigenvalue weighted by molar-refractivity contribution is 7.99. The maximum Gasteiger partial charge on any atom is 0.0576 e. The highest BCUT2D eigenvalue weighted by Gasteiger charge is 2.14. The van der Waals surface area contributed by atoms with E-state index in [2.05, 4.69) is 6.92 Å². The van der Waals surface area contributed by atoms with Crippen molar-refractivity contribution in [2.45, 2.75) is 44.8 Å². The van der Waals surface area contributed by atoms with Gasteiger partial charge in [-0.15, -0.1) is 0 Å². The largest absolute Gasteiger partial charge is 0.378 e. The zero-order chi connectivity index (χ0) is 9.52. The first-order chi connectivity index (χ1) is 6.29. The van der Waals surface area contributed by atoms with Gasteiger partial charge in [0.2, 0.25) is 0 Å². The molecule has 0 aliphatic carbocycles. The number of rotatable bonds is 6.